The number of ether oxygens (including phenoxy) is 1. The van der Waals surface area contributed by atoms with E-state index >= 15 is 0 Å². The number of rotatable bonds is 7. The third-order valence-electron chi connectivity index (χ3n) is 3.88. The van der Waals surface area contributed by atoms with Gasteiger partial charge in [-0.2, -0.15) is 4.98 Å². The number of benzene rings is 2. The van der Waals surface area contributed by atoms with Crippen LogP contribution in [0, 0.1) is 6.92 Å². The Morgan fingerprint density at radius 2 is 1.92 bits per heavy atom. The van der Waals surface area contributed by atoms with Crippen molar-refractivity contribution in [1.82, 2.24) is 10.1 Å². The third-order valence-corrected chi connectivity index (χ3v) is 3.88. The molecule has 0 radical (unpaired) electrons. The van der Waals surface area contributed by atoms with Gasteiger partial charge in [-0.15, -0.1) is 0 Å². The lowest BCUT2D eigenvalue weighted by molar-refractivity contribution is -0.116. The Balaban J connectivity index is 1.62. The molecule has 0 spiro atoms. The second-order valence-electron chi connectivity index (χ2n) is 5.80. The zero-order chi connectivity index (χ0) is 18.4. The van der Waals surface area contributed by atoms with Crippen LogP contribution in [0.1, 0.15) is 24.8 Å². The summed E-state index contributed by atoms with van der Waals surface area (Å²) in [4.78, 5) is 16.5. The van der Waals surface area contributed by atoms with Crippen LogP contribution in [0.2, 0.25) is 0 Å². The number of carbonyl (C=O) groups is 1. The highest BCUT2D eigenvalue weighted by Gasteiger charge is 2.14. The number of amides is 1. The Hall–Kier alpha value is -3.15. The average Bonchev–Trinajstić information content (AvgIpc) is 3.12. The summed E-state index contributed by atoms with van der Waals surface area (Å²) in [5.41, 5.74) is 2.61. The summed E-state index contributed by atoms with van der Waals surface area (Å²) in [6.07, 6.45) is 0.643. The first-order valence-corrected chi connectivity index (χ1v) is 8.57. The second kappa shape index (κ2) is 8.29. The standard InChI is InChI=1S/C20H21N3O3/c1-3-25-17-11-7-5-9-15(17)20-22-19(26-23-20)13-12-18(24)21-16-10-6-4-8-14(16)2/h4-11H,3,12-13H2,1-2H3,(H,21,24). The fourth-order valence-corrected chi connectivity index (χ4v) is 2.54. The molecule has 134 valence electrons. The number of nitrogens with one attached hydrogen (secondary N) is 1. The van der Waals surface area contributed by atoms with E-state index in [-0.39, 0.29) is 12.3 Å². The van der Waals surface area contributed by atoms with Crippen LogP contribution in [0.25, 0.3) is 11.4 Å². The quantitative estimate of drug-likeness (QED) is 0.696. The first-order chi connectivity index (χ1) is 12.7. The fraction of sp³-hybridized carbons (Fsp3) is 0.250. The van der Waals surface area contributed by atoms with Crippen LogP contribution in [0.5, 0.6) is 5.75 Å². The van der Waals surface area contributed by atoms with Gasteiger partial charge in [-0.25, -0.2) is 0 Å². The molecule has 0 aliphatic rings. The molecule has 1 heterocycles. The molecule has 0 atom stereocenters. The monoisotopic (exact) mass is 351 g/mol. The Bertz CT molecular complexity index is 889. The maximum absolute atomic E-state index is 12.1. The molecule has 0 aliphatic carbocycles. The van der Waals surface area contributed by atoms with E-state index in [0.29, 0.717) is 30.5 Å². The van der Waals surface area contributed by atoms with Gasteiger partial charge >= 0.3 is 0 Å². The highest BCUT2D eigenvalue weighted by atomic mass is 16.5. The molecular formula is C20H21N3O3. The molecule has 6 heteroatoms. The van der Waals surface area contributed by atoms with E-state index in [0.717, 1.165) is 16.8 Å². The lowest BCUT2D eigenvalue weighted by Crippen LogP contribution is -2.13. The Kier molecular flexibility index (Phi) is 5.63. The van der Waals surface area contributed by atoms with E-state index in [1.54, 1.807) is 0 Å². The van der Waals surface area contributed by atoms with Gasteiger partial charge in [0.05, 0.1) is 12.2 Å². The molecule has 2 aromatic carbocycles. The van der Waals surface area contributed by atoms with E-state index < -0.39 is 0 Å². The predicted octanol–water partition coefficient (Wildman–Crippen LogP) is 4.02. The molecule has 3 aromatic rings. The number of aryl methyl sites for hydroxylation is 2. The van der Waals surface area contributed by atoms with Crippen molar-refractivity contribution < 1.29 is 14.1 Å². The summed E-state index contributed by atoms with van der Waals surface area (Å²) >= 11 is 0. The topological polar surface area (TPSA) is 77.2 Å². The second-order valence-corrected chi connectivity index (χ2v) is 5.80. The number of anilines is 1. The number of carbonyl (C=O) groups excluding carboxylic acids is 1. The van der Waals surface area contributed by atoms with Gasteiger partial charge in [0.15, 0.2) is 0 Å². The summed E-state index contributed by atoms with van der Waals surface area (Å²) in [5.74, 6) is 1.50. The van der Waals surface area contributed by atoms with E-state index in [4.69, 9.17) is 9.26 Å². The van der Waals surface area contributed by atoms with Crippen molar-refractivity contribution in [2.75, 3.05) is 11.9 Å². The van der Waals surface area contributed by atoms with E-state index in [2.05, 4.69) is 15.5 Å². The minimum atomic E-state index is -0.0891. The van der Waals surface area contributed by atoms with Gasteiger partial charge in [0.1, 0.15) is 5.75 Å². The van der Waals surface area contributed by atoms with Gasteiger partial charge in [0.2, 0.25) is 17.6 Å². The molecule has 0 saturated heterocycles. The van der Waals surface area contributed by atoms with Crippen molar-refractivity contribution >= 4 is 11.6 Å². The molecule has 0 aliphatic heterocycles. The van der Waals surface area contributed by atoms with E-state index in [1.165, 1.54) is 0 Å². The zero-order valence-corrected chi connectivity index (χ0v) is 14.9. The smallest absolute Gasteiger partial charge is 0.227 e. The number of aromatic nitrogens is 2. The van der Waals surface area contributed by atoms with Gasteiger partial charge in [-0.3, -0.25) is 4.79 Å². The molecule has 1 amide bonds. The van der Waals surface area contributed by atoms with Gasteiger partial charge < -0.3 is 14.6 Å². The highest BCUT2D eigenvalue weighted by molar-refractivity contribution is 5.91. The summed E-state index contributed by atoms with van der Waals surface area (Å²) < 4.78 is 10.9. The van der Waals surface area contributed by atoms with Crippen LogP contribution in [0.4, 0.5) is 5.69 Å². The van der Waals surface area contributed by atoms with Gasteiger partial charge in [0, 0.05) is 18.5 Å². The summed E-state index contributed by atoms with van der Waals surface area (Å²) in [6, 6.07) is 15.2. The molecule has 1 N–H and O–H groups in total. The minimum Gasteiger partial charge on any atom is -0.493 e. The molecule has 0 unspecified atom stereocenters. The third kappa shape index (κ3) is 4.27. The summed E-state index contributed by atoms with van der Waals surface area (Å²) in [7, 11) is 0. The molecule has 0 saturated carbocycles. The first kappa shape index (κ1) is 17.7. The molecule has 3 rings (SSSR count). The van der Waals surface area contributed by atoms with Gasteiger partial charge in [-0.05, 0) is 37.6 Å². The van der Waals surface area contributed by atoms with Crippen LogP contribution in [0.3, 0.4) is 0 Å². The van der Waals surface area contributed by atoms with E-state index in [1.807, 2.05) is 62.4 Å². The molecule has 0 fully saturated rings. The number of hydrogen-bond acceptors (Lipinski definition) is 5. The zero-order valence-electron chi connectivity index (χ0n) is 14.9. The molecule has 1 aromatic heterocycles. The summed E-state index contributed by atoms with van der Waals surface area (Å²) in [5, 5.41) is 6.90. The van der Waals surface area contributed by atoms with Crippen molar-refractivity contribution in [3.63, 3.8) is 0 Å². The lowest BCUT2D eigenvalue weighted by Gasteiger charge is -2.07. The molecule has 6 nitrogen and oxygen atoms in total. The minimum absolute atomic E-state index is 0.0891. The van der Waals surface area contributed by atoms with Crippen molar-refractivity contribution in [3.05, 3.63) is 60.0 Å². The van der Waals surface area contributed by atoms with Crippen LogP contribution in [-0.4, -0.2) is 22.7 Å². The van der Waals surface area contributed by atoms with Crippen molar-refractivity contribution in [2.24, 2.45) is 0 Å². The Morgan fingerprint density at radius 1 is 1.15 bits per heavy atom. The first-order valence-electron chi connectivity index (χ1n) is 8.57. The lowest BCUT2D eigenvalue weighted by atomic mass is 10.2. The predicted molar refractivity (Wildman–Crippen MR) is 99.0 cm³/mol. The van der Waals surface area contributed by atoms with Crippen LogP contribution >= 0.6 is 0 Å². The maximum Gasteiger partial charge on any atom is 0.227 e. The van der Waals surface area contributed by atoms with Crippen LogP contribution in [0.15, 0.2) is 53.1 Å². The largest absolute Gasteiger partial charge is 0.493 e. The SMILES string of the molecule is CCOc1ccccc1-c1noc(CCC(=O)Nc2ccccc2C)n1. The van der Waals surface area contributed by atoms with Crippen molar-refractivity contribution in [1.29, 1.82) is 0 Å². The van der Waals surface area contributed by atoms with E-state index in [9.17, 15) is 4.79 Å². The van der Waals surface area contributed by atoms with Gasteiger partial charge in [-0.1, -0.05) is 35.5 Å². The highest BCUT2D eigenvalue weighted by Crippen LogP contribution is 2.27. The number of para-hydroxylation sites is 2. The maximum atomic E-state index is 12.1. The fourth-order valence-electron chi connectivity index (χ4n) is 2.54. The Labute approximate surface area is 152 Å². The molecular weight excluding hydrogens is 330 g/mol. The van der Waals surface area contributed by atoms with Crippen LogP contribution < -0.4 is 10.1 Å². The van der Waals surface area contributed by atoms with Gasteiger partial charge in [0.25, 0.3) is 0 Å². The van der Waals surface area contributed by atoms with Crippen molar-refractivity contribution in [2.45, 2.75) is 26.7 Å². The summed E-state index contributed by atoms with van der Waals surface area (Å²) in [6.45, 7) is 4.43. The molecule has 0 bridgehead atoms. The van der Waals surface area contributed by atoms with Crippen LogP contribution in [-0.2, 0) is 11.2 Å². The Morgan fingerprint density at radius 3 is 2.73 bits per heavy atom. The van der Waals surface area contributed by atoms with Crippen molar-refractivity contribution in [3.8, 4) is 17.1 Å². The number of nitrogens with zero attached hydrogens (tertiary/aromatic N) is 2. The number of hydrogen-bond donors (Lipinski definition) is 1. The normalized spacial score (nSPS) is 10.5. The average molecular weight is 351 g/mol. The molecule has 26 heavy (non-hydrogen) atoms.